The minimum atomic E-state index is -4.61. The number of carbonyl (C=O) groups is 1. The maximum atomic E-state index is 13.0. The summed E-state index contributed by atoms with van der Waals surface area (Å²) >= 11 is 0. The van der Waals surface area contributed by atoms with Crippen molar-refractivity contribution >= 4 is 13.7 Å². The molecule has 0 aliphatic heterocycles. The second kappa shape index (κ2) is 54.0. The molecule has 0 bridgehead atoms. The Morgan fingerprint density at radius 3 is 1.21 bits per heavy atom. The summed E-state index contributed by atoms with van der Waals surface area (Å²) in [6, 6.07) is -0.912. The van der Waals surface area contributed by atoms with E-state index in [4.69, 9.17) is 9.05 Å². The number of likely N-dealkylation sites (N-methyl/N-ethyl adjacent to an activating group) is 1. The number of nitrogens with one attached hydrogen (secondary N) is 1. The van der Waals surface area contributed by atoms with Crippen molar-refractivity contribution in [2.75, 3.05) is 40.9 Å². The molecule has 0 aromatic heterocycles. The van der Waals surface area contributed by atoms with Crippen LogP contribution in [0.1, 0.15) is 284 Å². The molecule has 3 unspecified atom stereocenters. The van der Waals surface area contributed by atoms with E-state index in [1.807, 2.05) is 27.2 Å². The van der Waals surface area contributed by atoms with Crippen LogP contribution in [0.25, 0.3) is 0 Å². The predicted molar refractivity (Wildman–Crippen MR) is 311 cm³/mol. The van der Waals surface area contributed by atoms with Gasteiger partial charge in [0.2, 0.25) is 5.91 Å². The Hall–Kier alpha value is -1.80. The van der Waals surface area contributed by atoms with E-state index in [9.17, 15) is 19.4 Å². The minimum absolute atomic E-state index is 0.00989. The van der Waals surface area contributed by atoms with Gasteiger partial charge in [-0.3, -0.25) is 9.36 Å². The lowest BCUT2D eigenvalue weighted by molar-refractivity contribution is -0.870. The van der Waals surface area contributed by atoms with E-state index >= 15 is 0 Å². The summed E-state index contributed by atoms with van der Waals surface area (Å²) in [6.07, 6.45) is 73.2. The van der Waals surface area contributed by atoms with E-state index in [-0.39, 0.29) is 12.5 Å². The zero-order valence-electron chi connectivity index (χ0n) is 48.1. The quantitative estimate of drug-likeness (QED) is 0.0272. The van der Waals surface area contributed by atoms with Crippen molar-refractivity contribution in [1.82, 2.24) is 5.32 Å². The molecule has 0 saturated heterocycles. The van der Waals surface area contributed by atoms with Crippen LogP contribution < -0.4 is 10.2 Å². The van der Waals surface area contributed by atoms with Crippen LogP contribution in [0, 0.1) is 0 Å². The third-order valence-corrected chi connectivity index (χ3v) is 14.6. The molecule has 0 heterocycles. The number of amides is 1. The number of rotatable bonds is 56. The van der Waals surface area contributed by atoms with E-state index in [0.717, 1.165) is 51.4 Å². The first-order valence-corrected chi connectivity index (χ1v) is 32.1. The second-order valence-electron chi connectivity index (χ2n) is 22.0. The highest BCUT2D eigenvalue weighted by atomic mass is 31.2. The Balaban J connectivity index is 4.16. The van der Waals surface area contributed by atoms with Gasteiger partial charge in [0, 0.05) is 6.42 Å². The lowest BCUT2D eigenvalue weighted by Crippen LogP contribution is -2.45. The summed E-state index contributed by atoms with van der Waals surface area (Å²) in [6.45, 7) is 4.64. The SMILES string of the molecule is CCCCCCCCCCC/C=C\C/C=C\CCCCCCCCCCCCCCCCCC(=O)NC(COP(=O)([O-])OCC[N+](C)(C)C)C(O)/C=C/CC/C=C/CC/C=C/CCCCCCCCCCC. The van der Waals surface area contributed by atoms with Crippen LogP contribution in [0.4, 0.5) is 0 Å². The summed E-state index contributed by atoms with van der Waals surface area (Å²) in [5, 5.41) is 13.9. The molecule has 72 heavy (non-hydrogen) atoms. The maximum absolute atomic E-state index is 13.0. The fourth-order valence-corrected chi connectivity index (χ4v) is 9.59. The first kappa shape index (κ1) is 70.2. The van der Waals surface area contributed by atoms with Gasteiger partial charge in [-0.1, -0.05) is 261 Å². The first-order chi connectivity index (χ1) is 35.0. The first-order valence-electron chi connectivity index (χ1n) is 30.7. The molecule has 0 aliphatic carbocycles. The highest BCUT2D eigenvalue weighted by Crippen LogP contribution is 2.38. The zero-order valence-corrected chi connectivity index (χ0v) is 49.0. The predicted octanol–water partition coefficient (Wildman–Crippen LogP) is 18.2. The molecule has 422 valence electrons. The molecule has 9 heteroatoms. The van der Waals surface area contributed by atoms with E-state index in [2.05, 4.69) is 67.8 Å². The summed E-state index contributed by atoms with van der Waals surface area (Å²) in [4.78, 5) is 25.5. The molecule has 8 nitrogen and oxygen atoms in total. The van der Waals surface area contributed by atoms with Crippen molar-refractivity contribution in [2.45, 2.75) is 296 Å². The van der Waals surface area contributed by atoms with Gasteiger partial charge in [-0.25, -0.2) is 0 Å². The van der Waals surface area contributed by atoms with Crippen LogP contribution in [-0.4, -0.2) is 68.5 Å². The van der Waals surface area contributed by atoms with Gasteiger partial charge in [-0.15, -0.1) is 0 Å². The number of aliphatic hydroxyl groups excluding tert-OH is 1. The van der Waals surface area contributed by atoms with Gasteiger partial charge in [0.25, 0.3) is 7.82 Å². The number of quaternary nitrogens is 1. The van der Waals surface area contributed by atoms with Crippen molar-refractivity contribution in [3.05, 3.63) is 60.8 Å². The molecule has 1 amide bonds. The van der Waals surface area contributed by atoms with Crippen LogP contribution in [0.5, 0.6) is 0 Å². The number of allylic oxidation sites excluding steroid dienone is 9. The van der Waals surface area contributed by atoms with Gasteiger partial charge >= 0.3 is 0 Å². The van der Waals surface area contributed by atoms with Crippen molar-refractivity contribution in [3.63, 3.8) is 0 Å². The van der Waals surface area contributed by atoms with Gasteiger partial charge in [-0.2, -0.15) is 0 Å². The maximum Gasteiger partial charge on any atom is 0.268 e. The van der Waals surface area contributed by atoms with Crippen molar-refractivity contribution < 1.29 is 32.9 Å². The van der Waals surface area contributed by atoms with Crippen LogP contribution in [-0.2, 0) is 18.4 Å². The number of nitrogens with zero attached hydrogens (tertiary/aromatic N) is 1. The molecule has 0 spiro atoms. The standard InChI is InChI=1S/C63H119N2O6P/c1-6-8-10-12-14-16-18-20-22-24-26-27-28-29-30-31-32-33-34-35-36-37-39-41-43-45-47-49-51-53-55-57-63(67)64-61(60-71-72(68,69)70-59-58-65(3,4)5)62(66)56-54-52-50-48-46-44-42-40-38-25-23-21-19-17-15-13-11-9-7-2/h26-27,29-30,38,40,46,48,54,56,61-62,66H,6-25,28,31-37,39,41-45,47,49-53,55,57-60H2,1-5H3,(H-,64,67,68,69)/b27-26-,30-29-,40-38+,48-46+,56-54+. The minimum Gasteiger partial charge on any atom is -0.756 e. The molecule has 0 radical (unpaired) electrons. The monoisotopic (exact) mass is 1030 g/mol. The molecule has 0 rings (SSSR count). The topological polar surface area (TPSA) is 108 Å². The number of phosphoric acid groups is 1. The van der Waals surface area contributed by atoms with E-state index in [1.54, 1.807) is 6.08 Å². The number of aliphatic hydroxyl groups is 1. The molecule has 2 N–H and O–H groups in total. The molecular weight excluding hydrogens is 912 g/mol. The lowest BCUT2D eigenvalue weighted by Gasteiger charge is -2.29. The number of hydrogen-bond donors (Lipinski definition) is 2. The Morgan fingerprint density at radius 1 is 0.486 bits per heavy atom. The Labute approximate surface area is 447 Å². The van der Waals surface area contributed by atoms with Crippen LogP contribution in [0.15, 0.2) is 60.8 Å². The summed E-state index contributed by atoms with van der Waals surface area (Å²) in [5.74, 6) is -0.210. The van der Waals surface area contributed by atoms with Crippen LogP contribution >= 0.6 is 7.82 Å². The van der Waals surface area contributed by atoms with Crippen molar-refractivity contribution in [2.24, 2.45) is 0 Å². The summed E-state index contributed by atoms with van der Waals surface area (Å²) in [7, 11) is 1.24. The van der Waals surface area contributed by atoms with Crippen LogP contribution in [0.3, 0.4) is 0 Å². The molecule has 0 fully saturated rings. The third-order valence-electron chi connectivity index (χ3n) is 13.7. The zero-order chi connectivity index (χ0) is 52.7. The Kier molecular flexibility index (Phi) is 52.7. The van der Waals surface area contributed by atoms with Crippen LogP contribution in [0.2, 0.25) is 0 Å². The summed E-state index contributed by atoms with van der Waals surface area (Å²) < 4.78 is 23.3. The van der Waals surface area contributed by atoms with Crippen molar-refractivity contribution in [3.8, 4) is 0 Å². The largest absolute Gasteiger partial charge is 0.756 e. The van der Waals surface area contributed by atoms with E-state index < -0.39 is 26.6 Å². The van der Waals surface area contributed by atoms with Gasteiger partial charge in [0.1, 0.15) is 13.2 Å². The molecule has 0 aliphatic rings. The molecule has 0 aromatic rings. The van der Waals surface area contributed by atoms with E-state index in [0.29, 0.717) is 17.4 Å². The normalized spacial score (nSPS) is 14.3. The fourth-order valence-electron chi connectivity index (χ4n) is 8.86. The highest BCUT2D eigenvalue weighted by Gasteiger charge is 2.23. The molecule has 0 saturated carbocycles. The Morgan fingerprint density at radius 2 is 0.819 bits per heavy atom. The average Bonchev–Trinajstić information content (AvgIpc) is 3.34. The summed E-state index contributed by atoms with van der Waals surface area (Å²) in [5.41, 5.74) is 0. The molecular formula is C63H119N2O6P. The fraction of sp³-hybridized carbons (Fsp3) is 0.825. The number of carbonyl (C=O) groups excluding carboxylic acids is 1. The van der Waals surface area contributed by atoms with Gasteiger partial charge in [0.05, 0.1) is 39.9 Å². The number of hydrogen-bond acceptors (Lipinski definition) is 6. The second-order valence-corrected chi connectivity index (χ2v) is 23.4. The van der Waals surface area contributed by atoms with Gasteiger partial charge < -0.3 is 28.8 Å². The number of unbranched alkanes of at least 4 members (excludes halogenated alkanes) is 35. The Bertz CT molecular complexity index is 1360. The lowest BCUT2D eigenvalue weighted by atomic mass is 10.0. The third kappa shape index (κ3) is 55.9. The van der Waals surface area contributed by atoms with E-state index in [1.165, 1.54) is 212 Å². The molecule has 0 aromatic carbocycles. The number of phosphoric ester groups is 1. The van der Waals surface area contributed by atoms with Gasteiger partial charge in [0.15, 0.2) is 0 Å². The van der Waals surface area contributed by atoms with Gasteiger partial charge in [-0.05, 0) is 77.0 Å². The van der Waals surface area contributed by atoms with Crippen molar-refractivity contribution in [1.29, 1.82) is 0 Å². The smallest absolute Gasteiger partial charge is 0.268 e. The highest BCUT2D eigenvalue weighted by molar-refractivity contribution is 7.45. The molecule has 3 atom stereocenters. The average molecular weight is 1030 g/mol.